The molecule has 0 aromatic heterocycles. The van der Waals surface area contributed by atoms with Crippen LogP contribution in [0.15, 0.2) is 109 Å². The third kappa shape index (κ3) is 4.14. The number of ether oxygens (including phenoxy) is 1. The van der Waals surface area contributed by atoms with E-state index in [2.05, 4.69) is 97.1 Å². The van der Waals surface area contributed by atoms with Crippen molar-refractivity contribution in [2.24, 2.45) is 0 Å². The summed E-state index contributed by atoms with van der Waals surface area (Å²) in [6, 6.07) is 38.6. The molecule has 0 atom stereocenters. The highest BCUT2D eigenvalue weighted by Gasteiger charge is 2.45. The van der Waals surface area contributed by atoms with Gasteiger partial charge >= 0.3 is 0 Å². The van der Waals surface area contributed by atoms with Gasteiger partial charge in [0, 0.05) is 5.56 Å². The van der Waals surface area contributed by atoms with Crippen LogP contribution in [0.4, 0.5) is 5.69 Å². The van der Waals surface area contributed by atoms with E-state index < -0.39 is 7.26 Å². The molecule has 30 heavy (non-hydrogen) atoms. The second kappa shape index (κ2) is 9.93. The molecule has 0 saturated heterocycles. The largest absolute Gasteiger partial charge is 1.00 e. The molecule has 2 N–H and O–H groups in total. The zero-order valence-corrected chi connectivity index (χ0v) is 19.4. The molecule has 0 aliphatic rings. The Hall–Kier alpha value is -2.61. The maximum atomic E-state index is 6.53. The average molecular weight is 478 g/mol. The predicted molar refractivity (Wildman–Crippen MR) is 126 cm³/mol. The number of halogens is 1. The van der Waals surface area contributed by atoms with Crippen LogP contribution in [-0.4, -0.2) is 7.11 Å². The van der Waals surface area contributed by atoms with E-state index in [-0.39, 0.29) is 17.0 Å². The van der Waals surface area contributed by atoms with E-state index >= 15 is 0 Å². The van der Waals surface area contributed by atoms with E-state index in [9.17, 15) is 0 Å². The topological polar surface area (TPSA) is 35.2 Å². The third-order valence-electron chi connectivity index (χ3n) is 5.37. The van der Waals surface area contributed by atoms with Gasteiger partial charge in [-0.05, 0) is 42.5 Å². The monoisotopic (exact) mass is 477 g/mol. The van der Waals surface area contributed by atoms with Crippen LogP contribution in [0.1, 0.15) is 5.56 Å². The van der Waals surface area contributed by atoms with Crippen molar-refractivity contribution >= 4 is 28.9 Å². The van der Waals surface area contributed by atoms with Crippen LogP contribution in [-0.2, 0) is 6.16 Å². The number of para-hydroxylation sites is 1. The standard InChI is InChI=1S/C26H25NOP.BrH/c1-28-25-19-11-12-21(26(25)27)20-29(22-13-5-2-6-14-22,23-15-7-3-8-16-23)24-17-9-4-10-18-24;/h2-19H,20,27H2,1H3;1H/q+1;/p-1. The van der Waals surface area contributed by atoms with Crippen LogP contribution in [0.2, 0.25) is 0 Å². The minimum atomic E-state index is -1.97. The maximum Gasteiger partial charge on any atom is 0.142 e. The highest BCUT2D eigenvalue weighted by Crippen LogP contribution is 2.59. The molecule has 0 amide bonds. The highest BCUT2D eigenvalue weighted by molar-refractivity contribution is 7.95. The van der Waals surface area contributed by atoms with Crippen LogP contribution >= 0.6 is 7.26 Å². The smallest absolute Gasteiger partial charge is 0.142 e. The van der Waals surface area contributed by atoms with Gasteiger partial charge in [0.15, 0.2) is 0 Å². The third-order valence-corrected chi connectivity index (χ3v) is 9.73. The molecule has 4 aromatic rings. The molecule has 152 valence electrons. The van der Waals surface area contributed by atoms with Gasteiger partial charge in [0.1, 0.15) is 35.1 Å². The van der Waals surface area contributed by atoms with Crippen molar-refractivity contribution < 1.29 is 21.7 Å². The van der Waals surface area contributed by atoms with Crippen LogP contribution in [0, 0.1) is 0 Å². The summed E-state index contributed by atoms with van der Waals surface area (Å²) < 4.78 is 5.50. The van der Waals surface area contributed by atoms with E-state index in [1.165, 1.54) is 15.9 Å². The Balaban J connectivity index is 0.00000256. The summed E-state index contributed by atoms with van der Waals surface area (Å²) >= 11 is 0. The lowest BCUT2D eigenvalue weighted by atomic mass is 10.2. The van der Waals surface area contributed by atoms with Gasteiger partial charge in [0.05, 0.1) is 12.8 Å². The molecule has 4 rings (SSSR count). The molecular weight excluding hydrogens is 453 g/mol. The fraction of sp³-hybridized carbons (Fsp3) is 0.0769. The molecule has 0 heterocycles. The molecule has 2 nitrogen and oxygen atoms in total. The second-order valence-corrected chi connectivity index (χ2v) is 10.5. The number of methoxy groups -OCH3 is 1. The van der Waals surface area contributed by atoms with E-state index in [0.29, 0.717) is 0 Å². The highest BCUT2D eigenvalue weighted by atomic mass is 79.9. The van der Waals surface area contributed by atoms with Gasteiger partial charge in [-0.25, -0.2) is 0 Å². The Morgan fingerprint density at radius 3 is 1.47 bits per heavy atom. The van der Waals surface area contributed by atoms with Crippen LogP contribution in [0.25, 0.3) is 0 Å². The zero-order chi connectivity index (χ0) is 20.1. The van der Waals surface area contributed by atoms with Gasteiger partial charge in [-0.15, -0.1) is 0 Å². The minimum Gasteiger partial charge on any atom is -1.00 e. The molecule has 0 aliphatic carbocycles. The Morgan fingerprint density at radius 1 is 0.633 bits per heavy atom. The van der Waals surface area contributed by atoms with E-state index in [1.54, 1.807) is 7.11 Å². The zero-order valence-electron chi connectivity index (χ0n) is 16.9. The number of nitrogen functional groups attached to an aromatic ring is 1. The summed E-state index contributed by atoms with van der Waals surface area (Å²) in [6.45, 7) is 0. The van der Waals surface area contributed by atoms with Gasteiger partial charge in [-0.2, -0.15) is 0 Å². The first-order valence-corrected chi connectivity index (χ1v) is 11.7. The normalized spacial score (nSPS) is 10.8. The number of anilines is 1. The van der Waals surface area contributed by atoms with Gasteiger partial charge in [-0.1, -0.05) is 66.7 Å². The molecular formula is C26H25BrNOP. The fourth-order valence-corrected chi connectivity index (χ4v) is 8.20. The number of benzene rings is 4. The Kier molecular flexibility index (Phi) is 7.31. The van der Waals surface area contributed by atoms with Crippen molar-refractivity contribution in [3.8, 4) is 5.75 Å². The summed E-state index contributed by atoms with van der Waals surface area (Å²) in [5.41, 5.74) is 8.37. The first-order chi connectivity index (χ1) is 14.3. The summed E-state index contributed by atoms with van der Waals surface area (Å²) in [5.74, 6) is 0.731. The summed E-state index contributed by atoms with van der Waals surface area (Å²) in [6.07, 6.45) is 0.841. The second-order valence-electron chi connectivity index (χ2n) is 7.01. The number of hydrogen-bond acceptors (Lipinski definition) is 2. The molecule has 4 aromatic carbocycles. The van der Waals surface area contributed by atoms with Crippen molar-refractivity contribution in [1.82, 2.24) is 0 Å². The lowest BCUT2D eigenvalue weighted by Gasteiger charge is -2.28. The van der Waals surface area contributed by atoms with Gasteiger partial charge < -0.3 is 27.5 Å². The van der Waals surface area contributed by atoms with Crippen LogP contribution in [0.5, 0.6) is 5.75 Å². The summed E-state index contributed by atoms with van der Waals surface area (Å²) in [7, 11) is -0.298. The van der Waals surface area contributed by atoms with E-state index in [1.807, 2.05) is 12.1 Å². The average Bonchev–Trinajstić information content (AvgIpc) is 2.80. The van der Waals surface area contributed by atoms with Crippen molar-refractivity contribution in [2.75, 3.05) is 12.8 Å². The molecule has 0 spiro atoms. The number of hydrogen-bond donors (Lipinski definition) is 1. The molecule has 0 radical (unpaired) electrons. The molecule has 0 unspecified atom stereocenters. The fourth-order valence-electron chi connectivity index (χ4n) is 3.93. The number of rotatable bonds is 6. The molecule has 0 bridgehead atoms. The first-order valence-electron chi connectivity index (χ1n) is 9.72. The molecule has 0 aliphatic heterocycles. The van der Waals surface area contributed by atoms with Crippen molar-refractivity contribution in [1.29, 1.82) is 0 Å². The van der Waals surface area contributed by atoms with Gasteiger partial charge in [0.2, 0.25) is 0 Å². The minimum absolute atomic E-state index is 0. The van der Waals surface area contributed by atoms with Gasteiger partial charge in [-0.3, -0.25) is 0 Å². The molecule has 0 saturated carbocycles. The lowest BCUT2D eigenvalue weighted by molar-refractivity contribution is -0.00000596. The number of nitrogens with two attached hydrogens (primary N) is 1. The molecule has 0 fully saturated rings. The van der Waals surface area contributed by atoms with Crippen molar-refractivity contribution in [3.63, 3.8) is 0 Å². The maximum absolute atomic E-state index is 6.53. The van der Waals surface area contributed by atoms with E-state index in [0.717, 1.165) is 23.2 Å². The quantitative estimate of drug-likeness (QED) is 0.339. The van der Waals surface area contributed by atoms with Crippen molar-refractivity contribution in [2.45, 2.75) is 6.16 Å². The van der Waals surface area contributed by atoms with E-state index in [4.69, 9.17) is 10.5 Å². The van der Waals surface area contributed by atoms with Crippen LogP contribution in [0.3, 0.4) is 0 Å². The first kappa shape index (κ1) is 22.1. The Bertz CT molecular complexity index is 975. The Labute approximate surface area is 189 Å². The Morgan fingerprint density at radius 2 is 1.07 bits per heavy atom. The molecule has 4 heteroatoms. The SMILES string of the molecule is COc1cccc(C[P+](c2ccccc2)(c2ccccc2)c2ccccc2)c1N.[Br-]. The van der Waals surface area contributed by atoms with Gasteiger partial charge in [0.25, 0.3) is 0 Å². The predicted octanol–water partition coefficient (Wildman–Crippen LogP) is 1.78. The summed E-state index contributed by atoms with van der Waals surface area (Å²) in [5, 5.41) is 4.04. The lowest BCUT2D eigenvalue weighted by Crippen LogP contribution is -3.00. The summed E-state index contributed by atoms with van der Waals surface area (Å²) in [4.78, 5) is 0. The van der Waals surface area contributed by atoms with Crippen molar-refractivity contribution in [3.05, 3.63) is 115 Å². The van der Waals surface area contributed by atoms with Crippen LogP contribution < -0.4 is 43.4 Å².